The molecule has 0 unspecified atom stereocenters. The number of ether oxygens (including phenoxy) is 1. The van der Waals surface area contributed by atoms with Crippen LogP contribution in [0.1, 0.15) is 33.3 Å². The van der Waals surface area contributed by atoms with Gasteiger partial charge in [-0.2, -0.15) is 0 Å². The molecular formula is C14H23OP. The van der Waals surface area contributed by atoms with E-state index in [4.69, 9.17) is 4.74 Å². The maximum absolute atomic E-state index is 5.26. The van der Waals surface area contributed by atoms with Crippen molar-refractivity contribution >= 4 is 7.92 Å². The van der Waals surface area contributed by atoms with Crippen LogP contribution >= 0.6 is 7.92 Å². The zero-order chi connectivity index (χ0) is 12.1. The number of hydrogen-bond acceptors (Lipinski definition) is 1. The SMILES string of the molecule is COc1cccc(CP(C(C)C)C(C)C)c1. The fourth-order valence-electron chi connectivity index (χ4n) is 1.94. The summed E-state index contributed by atoms with van der Waals surface area (Å²) in [5, 5.41) is 0. The van der Waals surface area contributed by atoms with Gasteiger partial charge in [-0.05, 0) is 35.2 Å². The highest BCUT2D eigenvalue weighted by Gasteiger charge is 2.16. The lowest BCUT2D eigenvalue weighted by molar-refractivity contribution is 0.414. The predicted octanol–water partition coefficient (Wildman–Crippen LogP) is 4.49. The minimum Gasteiger partial charge on any atom is -0.497 e. The fraction of sp³-hybridized carbons (Fsp3) is 0.571. The molecule has 0 aromatic heterocycles. The fourth-order valence-corrected chi connectivity index (χ4v) is 4.48. The van der Waals surface area contributed by atoms with Gasteiger partial charge >= 0.3 is 0 Å². The predicted molar refractivity (Wildman–Crippen MR) is 73.9 cm³/mol. The Morgan fingerprint density at radius 3 is 2.25 bits per heavy atom. The number of rotatable bonds is 5. The molecule has 0 aliphatic heterocycles. The maximum atomic E-state index is 5.26. The van der Waals surface area contributed by atoms with E-state index < -0.39 is 0 Å². The van der Waals surface area contributed by atoms with Gasteiger partial charge in [-0.1, -0.05) is 47.7 Å². The van der Waals surface area contributed by atoms with E-state index in [1.54, 1.807) is 7.11 Å². The standard InChI is InChI=1S/C14H23OP/c1-11(2)16(12(3)4)10-13-7-6-8-14(9-13)15-5/h6-9,11-12H,10H2,1-5H3. The van der Waals surface area contributed by atoms with Gasteiger partial charge in [0.2, 0.25) is 0 Å². The topological polar surface area (TPSA) is 9.23 Å². The lowest BCUT2D eigenvalue weighted by Gasteiger charge is -2.26. The van der Waals surface area contributed by atoms with Crippen LogP contribution in [0.4, 0.5) is 0 Å². The molecule has 0 aliphatic carbocycles. The van der Waals surface area contributed by atoms with Crippen LogP contribution in [0.2, 0.25) is 0 Å². The third kappa shape index (κ3) is 3.79. The van der Waals surface area contributed by atoms with Crippen LogP contribution in [0, 0.1) is 0 Å². The summed E-state index contributed by atoms with van der Waals surface area (Å²) >= 11 is 0. The molecule has 1 aromatic carbocycles. The van der Waals surface area contributed by atoms with Crippen LogP contribution in [0.15, 0.2) is 24.3 Å². The number of hydrogen-bond donors (Lipinski definition) is 0. The summed E-state index contributed by atoms with van der Waals surface area (Å²) in [6.45, 7) is 9.36. The van der Waals surface area contributed by atoms with Gasteiger partial charge in [-0.3, -0.25) is 0 Å². The molecule has 0 atom stereocenters. The molecule has 90 valence electrons. The third-order valence-electron chi connectivity index (χ3n) is 2.83. The highest BCUT2D eigenvalue weighted by molar-refractivity contribution is 7.58. The smallest absolute Gasteiger partial charge is 0.119 e. The van der Waals surface area contributed by atoms with E-state index >= 15 is 0 Å². The molecule has 0 N–H and O–H groups in total. The Hall–Kier alpha value is -0.550. The summed E-state index contributed by atoms with van der Waals surface area (Å²) in [4.78, 5) is 0. The molecule has 0 radical (unpaired) electrons. The van der Waals surface area contributed by atoms with E-state index in [0.29, 0.717) is 0 Å². The first-order valence-corrected chi connectivity index (χ1v) is 7.59. The first-order chi connectivity index (χ1) is 7.54. The van der Waals surface area contributed by atoms with E-state index in [1.807, 2.05) is 6.07 Å². The van der Waals surface area contributed by atoms with Crippen LogP contribution in [-0.4, -0.2) is 18.4 Å². The summed E-state index contributed by atoms with van der Waals surface area (Å²) in [7, 11) is 1.80. The maximum Gasteiger partial charge on any atom is 0.119 e. The second-order valence-electron chi connectivity index (χ2n) is 4.71. The number of methoxy groups -OCH3 is 1. The second-order valence-corrected chi connectivity index (χ2v) is 8.12. The van der Waals surface area contributed by atoms with Gasteiger partial charge in [0.25, 0.3) is 0 Å². The summed E-state index contributed by atoms with van der Waals surface area (Å²) < 4.78 is 5.26. The highest BCUT2D eigenvalue weighted by Crippen LogP contribution is 2.49. The summed E-state index contributed by atoms with van der Waals surface area (Å²) in [6, 6.07) is 8.47. The van der Waals surface area contributed by atoms with Crippen molar-refractivity contribution in [2.75, 3.05) is 7.11 Å². The zero-order valence-corrected chi connectivity index (χ0v) is 11.9. The second kappa shape index (κ2) is 6.25. The third-order valence-corrected chi connectivity index (χ3v) is 6.21. The molecule has 0 saturated heterocycles. The van der Waals surface area contributed by atoms with Crippen molar-refractivity contribution in [3.63, 3.8) is 0 Å². The van der Waals surface area contributed by atoms with Gasteiger partial charge in [0.1, 0.15) is 5.75 Å². The normalized spacial score (nSPS) is 11.5. The molecule has 0 saturated carbocycles. The van der Waals surface area contributed by atoms with Gasteiger partial charge in [0, 0.05) is 0 Å². The molecule has 0 aliphatic rings. The Labute approximate surface area is 101 Å². The average Bonchev–Trinajstić information content (AvgIpc) is 2.25. The molecule has 1 nitrogen and oxygen atoms in total. The van der Waals surface area contributed by atoms with Gasteiger partial charge in [0.05, 0.1) is 7.11 Å². The van der Waals surface area contributed by atoms with Crippen molar-refractivity contribution in [1.82, 2.24) is 0 Å². The molecule has 1 aromatic rings. The van der Waals surface area contributed by atoms with Gasteiger partial charge in [-0.25, -0.2) is 0 Å². The number of benzene rings is 1. The summed E-state index contributed by atoms with van der Waals surface area (Å²) in [6.07, 6.45) is 1.21. The molecule has 2 heteroatoms. The van der Waals surface area contributed by atoms with Crippen LogP contribution in [0.25, 0.3) is 0 Å². The Morgan fingerprint density at radius 2 is 1.75 bits per heavy atom. The highest BCUT2D eigenvalue weighted by atomic mass is 31.1. The summed E-state index contributed by atoms with van der Waals surface area (Å²) in [5.41, 5.74) is 3.00. The van der Waals surface area contributed by atoms with E-state index in [-0.39, 0.29) is 7.92 Å². The van der Waals surface area contributed by atoms with Crippen LogP contribution in [0.5, 0.6) is 5.75 Å². The molecule has 0 spiro atoms. The first-order valence-electron chi connectivity index (χ1n) is 5.93. The zero-order valence-electron chi connectivity index (χ0n) is 11.0. The Balaban J connectivity index is 2.77. The van der Waals surface area contributed by atoms with E-state index in [9.17, 15) is 0 Å². The van der Waals surface area contributed by atoms with Crippen LogP contribution in [-0.2, 0) is 6.16 Å². The average molecular weight is 238 g/mol. The van der Waals surface area contributed by atoms with E-state index in [0.717, 1.165) is 17.1 Å². The molecular weight excluding hydrogens is 215 g/mol. The van der Waals surface area contributed by atoms with Gasteiger partial charge in [0.15, 0.2) is 0 Å². The van der Waals surface area contributed by atoms with Crippen LogP contribution < -0.4 is 4.74 Å². The van der Waals surface area contributed by atoms with Gasteiger partial charge in [-0.15, -0.1) is 0 Å². The molecule has 0 heterocycles. The van der Waals surface area contributed by atoms with Crippen molar-refractivity contribution < 1.29 is 4.74 Å². The first kappa shape index (κ1) is 13.5. The molecule has 16 heavy (non-hydrogen) atoms. The Kier molecular flexibility index (Phi) is 5.28. The largest absolute Gasteiger partial charge is 0.497 e. The van der Waals surface area contributed by atoms with Crippen molar-refractivity contribution in [3.05, 3.63) is 29.8 Å². The quantitative estimate of drug-likeness (QED) is 0.686. The lowest BCUT2D eigenvalue weighted by atomic mass is 10.2. The molecule has 1 rings (SSSR count). The minimum atomic E-state index is 0.0721. The summed E-state index contributed by atoms with van der Waals surface area (Å²) in [5.74, 6) is 0.972. The van der Waals surface area contributed by atoms with Crippen molar-refractivity contribution in [2.45, 2.75) is 45.2 Å². The van der Waals surface area contributed by atoms with E-state index in [1.165, 1.54) is 11.7 Å². The molecule has 0 amide bonds. The van der Waals surface area contributed by atoms with Crippen molar-refractivity contribution in [2.24, 2.45) is 0 Å². The Morgan fingerprint density at radius 1 is 1.12 bits per heavy atom. The monoisotopic (exact) mass is 238 g/mol. The van der Waals surface area contributed by atoms with E-state index in [2.05, 4.69) is 45.9 Å². The van der Waals surface area contributed by atoms with Gasteiger partial charge < -0.3 is 4.74 Å². The minimum absolute atomic E-state index is 0.0721. The Bertz CT molecular complexity index is 312. The molecule has 0 bridgehead atoms. The van der Waals surface area contributed by atoms with Crippen LogP contribution in [0.3, 0.4) is 0 Å². The van der Waals surface area contributed by atoms with Crippen molar-refractivity contribution in [3.8, 4) is 5.75 Å². The van der Waals surface area contributed by atoms with Crippen molar-refractivity contribution in [1.29, 1.82) is 0 Å². The molecule has 0 fully saturated rings. The lowest BCUT2D eigenvalue weighted by Crippen LogP contribution is -2.05.